The van der Waals surface area contributed by atoms with Gasteiger partial charge in [-0.05, 0) is 48.6 Å². The molecule has 4 aromatic rings. The fourth-order valence-corrected chi connectivity index (χ4v) is 4.51. The summed E-state index contributed by atoms with van der Waals surface area (Å²) in [4.78, 5) is 18.8. The molecule has 8 heteroatoms. The van der Waals surface area contributed by atoms with Crippen molar-refractivity contribution in [3.8, 4) is 10.6 Å². The number of para-hydroxylation sites is 1. The van der Waals surface area contributed by atoms with E-state index in [2.05, 4.69) is 20.1 Å². The Morgan fingerprint density at radius 1 is 1.28 bits per heavy atom. The van der Waals surface area contributed by atoms with E-state index in [1.165, 1.54) is 0 Å². The Hall–Kier alpha value is -2.84. The number of pyridine rings is 1. The van der Waals surface area contributed by atoms with Crippen molar-refractivity contribution in [3.63, 3.8) is 0 Å². The molecule has 0 aliphatic heterocycles. The van der Waals surface area contributed by atoms with Crippen LogP contribution in [0.4, 0.5) is 0 Å². The smallest absolute Gasteiger partial charge is 0.252 e. The van der Waals surface area contributed by atoms with Crippen LogP contribution in [-0.4, -0.2) is 32.2 Å². The van der Waals surface area contributed by atoms with Gasteiger partial charge in [0.2, 0.25) is 0 Å². The first-order valence-electron chi connectivity index (χ1n) is 9.58. The van der Waals surface area contributed by atoms with Crippen LogP contribution >= 0.6 is 23.6 Å². The van der Waals surface area contributed by atoms with Crippen molar-refractivity contribution in [1.82, 2.24) is 25.1 Å². The SMILES string of the molecule is O=C(NCCc1n[nH]c(=S)n1C1CC1)c1cc(-c2cccs2)nc2ccccc12. The van der Waals surface area contributed by atoms with Gasteiger partial charge in [0.1, 0.15) is 5.82 Å². The fourth-order valence-electron chi connectivity index (χ4n) is 3.52. The zero-order valence-electron chi connectivity index (χ0n) is 15.6. The molecule has 29 heavy (non-hydrogen) atoms. The second kappa shape index (κ2) is 7.53. The summed E-state index contributed by atoms with van der Waals surface area (Å²) in [7, 11) is 0. The van der Waals surface area contributed by atoms with Crippen molar-refractivity contribution in [1.29, 1.82) is 0 Å². The molecule has 1 aromatic carbocycles. The van der Waals surface area contributed by atoms with Crippen LogP contribution in [0.2, 0.25) is 0 Å². The predicted molar refractivity (Wildman–Crippen MR) is 117 cm³/mol. The summed E-state index contributed by atoms with van der Waals surface area (Å²) < 4.78 is 2.74. The molecule has 1 fully saturated rings. The van der Waals surface area contributed by atoms with Gasteiger partial charge in [0, 0.05) is 24.4 Å². The van der Waals surface area contributed by atoms with Crippen LogP contribution in [0.5, 0.6) is 0 Å². The summed E-state index contributed by atoms with van der Waals surface area (Å²) >= 11 is 6.94. The summed E-state index contributed by atoms with van der Waals surface area (Å²) in [6.45, 7) is 0.496. The molecule has 5 rings (SSSR count). The van der Waals surface area contributed by atoms with Crippen molar-refractivity contribution in [2.45, 2.75) is 25.3 Å². The minimum atomic E-state index is -0.103. The molecule has 0 saturated heterocycles. The lowest BCUT2D eigenvalue weighted by Gasteiger charge is -2.10. The Balaban J connectivity index is 1.39. The summed E-state index contributed by atoms with van der Waals surface area (Å²) in [5.74, 6) is 0.796. The van der Waals surface area contributed by atoms with Gasteiger partial charge in [-0.25, -0.2) is 4.98 Å². The maximum atomic E-state index is 13.0. The number of hydrogen-bond donors (Lipinski definition) is 2. The zero-order valence-corrected chi connectivity index (χ0v) is 17.2. The Morgan fingerprint density at radius 2 is 2.14 bits per heavy atom. The highest BCUT2D eigenvalue weighted by molar-refractivity contribution is 7.71. The topological polar surface area (TPSA) is 75.6 Å². The fraction of sp³-hybridized carbons (Fsp3) is 0.238. The lowest BCUT2D eigenvalue weighted by atomic mass is 10.1. The average Bonchev–Trinajstić information content (AvgIpc) is 3.27. The van der Waals surface area contributed by atoms with Gasteiger partial charge in [0.05, 0.1) is 21.7 Å². The third kappa shape index (κ3) is 3.61. The molecule has 1 saturated carbocycles. The number of fused-ring (bicyclic) bond motifs is 1. The maximum absolute atomic E-state index is 13.0. The van der Waals surface area contributed by atoms with Crippen LogP contribution in [0.25, 0.3) is 21.5 Å². The van der Waals surface area contributed by atoms with Crippen molar-refractivity contribution in [2.75, 3.05) is 6.54 Å². The molecule has 6 nitrogen and oxygen atoms in total. The van der Waals surface area contributed by atoms with E-state index in [0.717, 1.165) is 40.1 Å². The molecule has 0 radical (unpaired) electrons. The summed E-state index contributed by atoms with van der Waals surface area (Å²) in [5.41, 5.74) is 2.27. The first kappa shape index (κ1) is 18.2. The van der Waals surface area contributed by atoms with Crippen molar-refractivity contribution in [2.24, 2.45) is 0 Å². The maximum Gasteiger partial charge on any atom is 0.252 e. The molecule has 2 N–H and O–H groups in total. The number of amides is 1. The molecule has 0 spiro atoms. The third-order valence-electron chi connectivity index (χ3n) is 5.06. The van der Waals surface area contributed by atoms with Gasteiger partial charge in [-0.2, -0.15) is 5.10 Å². The first-order valence-corrected chi connectivity index (χ1v) is 10.9. The molecule has 1 amide bonds. The molecule has 1 aliphatic rings. The summed E-state index contributed by atoms with van der Waals surface area (Å²) in [6.07, 6.45) is 2.92. The van der Waals surface area contributed by atoms with Crippen molar-refractivity contribution >= 4 is 40.4 Å². The third-order valence-corrected chi connectivity index (χ3v) is 6.24. The van der Waals surface area contributed by atoms with Crippen molar-refractivity contribution < 1.29 is 4.79 Å². The van der Waals surface area contributed by atoms with E-state index in [-0.39, 0.29) is 5.91 Å². The number of H-pyrrole nitrogens is 1. The number of hydrogen-bond acceptors (Lipinski definition) is 5. The molecule has 3 heterocycles. The van der Waals surface area contributed by atoms with Gasteiger partial charge < -0.3 is 9.88 Å². The van der Waals surface area contributed by atoms with Gasteiger partial charge in [-0.1, -0.05) is 24.3 Å². The Morgan fingerprint density at radius 3 is 2.93 bits per heavy atom. The van der Waals surface area contributed by atoms with E-state index < -0.39 is 0 Å². The molecule has 0 unspecified atom stereocenters. The molecular weight excluding hydrogens is 402 g/mol. The second-order valence-corrected chi connectivity index (χ2v) is 8.44. The van der Waals surface area contributed by atoms with Crippen molar-refractivity contribution in [3.05, 3.63) is 64.0 Å². The quantitative estimate of drug-likeness (QED) is 0.449. The molecule has 146 valence electrons. The van der Waals surface area contributed by atoms with Gasteiger partial charge in [0.15, 0.2) is 4.77 Å². The van der Waals surface area contributed by atoms with Crippen LogP contribution in [0.3, 0.4) is 0 Å². The normalized spacial score (nSPS) is 13.7. The van der Waals surface area contributed by atoms with Crippen LogP contribution in [0.1, 0.15) is 35.1 Å². The van der Waals surface area contributed by atoms with Crippen LogP contribution in [0.15, 0.2) is 47.8 Å². The number of thiophene rings is 1. The van der Waals surface area contributed by atoms with E-state index in [1.54, 1.807) is 11.3 Å². The summed E-state index contributed by atoms with van der Waals surface area (Å²) in [5, 5.41) is 13.1. The van der Waals surface area contributed by atoms with Crippen LogP contribution < -0.4 is 5.32 Å². The Bertz CT molecular complexity index is 1240. The molecule has 0 bridgehead atoms. The highest BCUT2D eigenvalue weighted by Crippen LogP contribution is 2.35. The van der Waals surface area contributed by atoms with E-state index >= 15 is 0 Å². The van der Waals surface area contributed by atoms with Gasteiger partial charge in [-0.15, -0.1) is 11.3 Å². The van der Waals surface area contributed by atoms with E-state index in [1.807, 2.05) is 47.8 Å². The largest absolute Gasteiger partial charge is 0.352 e. The number of carbonyl (C=O) groups is 1. The Labute approximate surface area is 176 Å². The molecular formula is C21H19N5OS2. The monoisotopic (exact) mass is 421 g/mol. The molecule has 0 atom stereocenters. The number of nitrogens with one attached hydrogen (secondary N) is 2. The minimum Gasteiger partial charge on any atom is -0.352 e. The highest BCUT2D eigenvalue weighted by Gasteiger charge is 2.27. The number of carbonyl (C=O) groups excluding carboxylic acids is 1. The van der Waals surface area contributed by atoms with Crippen LogP contribution in [0, 0.1) is 4.77 Å². The van der Waals surface area contributed by atoms with E-state index in [4.69, 9.17) is 17.2 Å². The van der Waals surface area contributed by atoms with Gasteiger partial charge >= 0.3 is 0 Å². The lowest BCUT2D eigenvalue weighted by molar-refractivity contribution is 0.0955. The van der Waals surface area contributed by atoms with Crippen LogP contribution in [-0.2, 0) is 6.42 Å². The Kier molecular flexibility index (Phi) is 4.73. The lowest BCUT2D eigenvalue weighted by Crippen LogP contribution is -2.27. The number of rotatable bonds is 6. The van der Waals surface area contributed by atoms with E-state index in [0.29, 0.717) is 29.3 Å². The number of nitrogens with zero attached hydrogens (tertiary/aromatic N) is 3. The molecule has 3 aromatic heterocycles. The first-order chi connectivity index (χ1) is 14.2. The number of aromatic amines is 1. The molecule has 1 aliphatic carbocycles. The zero-order chi connectivity index (χ0) is 19.8. The average molecular weight is 422 g/mol. The highest BCUT2D eigenvalue weighted by atomic mass is 32.1. The second-order valence-electron chi connectivity index (χ2n) is 7.10. The summed E-state index contributed by atoms with van der Waals surface area (Å²) in [6, 6.07) is 14.1. The minimum absolute atomic E-state index is 0.103. The standard InChI is InChI=1S/C21H19N5OS2/c27-20(22-10-9-19-24-25-21(28)26(19)13-7-8-13)15-12-17(18-6-3-11-29-18)23-16-5-2-1-4-14(15)16/h1-6,11-13H,7-10H2,(H,22,27)(H,25,28). The predicted octanol–water partition coefficient (Wildman–Crippen LogP) is 4.52. The van der Waals surface area contributed by atoms with Gasteiger partial charge in [-0.3, -0.25) is 9.89 Å². The van der Waals surface area contributed by atoms with Gasteiger partial charge in [0.25, 0.3) is 5.91 Å². The number of aromatic nitrogens is 4. The van der Waals surface area contributed by atoms with E-state index in [9.17, 15) is 4.79 Å². The number of benzene rings is 1.